The molecular weight excluding hydrogens is 556 g/mol. The second kappa shape index (κ2) is 11.2. The van der Waals surface area contributed by atoms with E-state index in [1.54, 1.807) is 19.2 Å². The molecule has 2 aromatic heterocycles. The number of halogens is 1. The number of H-pyrrole nitrogens is 1. The molecule has 4 aromatic carbocycles. The number of pyridine rings is 1. The van der Waals surface area contributed by atoms with Gasteiger partial charge in [-0.2, -0.15) is 0 Å². The highest BCUT2D eigenvalue weighted by Gasteiger charge is 2.24. The van der Waals surface area contributed by atoms with Crippen LogP contribution in [0.1, 0.15) is 53.9 Å². The van der Waals surface area contributed by atoms with Crippen LogP contribution >= 0.6 is 11.6 Å². The first-order valence-corrected chi connectivity index (χ1v) is 15.1. The zero-order valence-electron chi connectivity index (χ0n) is 23.9. The molecule has 6 aromatic rings. The van der Waals surface area contributed by atoms with Crippen LogP contribution in [0.15, 0.2) is 91.0 Å². The Morgan fingerprint density at radius 2 is 1.65 bits per heavy atom. The van der Waals surface area contributed by atoms with Crippen LogP contribution < -0.4 is 4.74 Å². The van der Waals surface area contributed by atoms with Crippen LogP contribution in [0.5, 0.6) is 5.75 Å². The quantitative estimate of drug-likeness (QED) is 0.203. The van der Waals surface area contributed by atoms with Crippen LogP contribution in [0, 0.1) is 0 Å². The van der Waals surface area contributed by atoms with Crippen LogP contribution in [0.2, 0.25) is 5.02 Å². The summed E-state index contributed by atoms with van der Waals surface area (Å²) in [6.07, 6.45) is 6.01. The summed E-state index contributed by atoms with van der Waals surface area (Å²) in [5.41, 5.74) is 9.48. The first-order chi connectivity index (χ1) is 21.0. The average molecular weight is 587 g/mol. The van der Waals surface area contributed by atoms with Crippen LogP contribution in [0.25, 0.3) is 55.4 Å². The Bertz CT molecular complexity index is 1990. The number of ether oxygens (including phenoxy) is 1. The number of aromatic nitrogens is 2. The summed E-state index contributed by atoms with van der Waals surface area (Å²) in [5.74, 6) is 0.300. The zero-order valence-corrected chi connectivity index (χ0v) is 24.6. The molecule has 7 rings (SSSR count). The number of hydrogen-bond donors (Lipinski definition) is 2. The van der Waals surface area contributed by atoms with E-state index in [2.05, 4.69) is 41.4 Å². The number of methoxy groups -OCH3 is 1. The number of hydrogen-bond acceptors (Lipinski definition) is 3. The van der Waals surface area contributed by atoms with Crippen LogP contribution in [-0.2, 0) is 0 Å². The molecule has 2 heterocycles. The van der Waals surface area contributed by atoms with Crippen LogP contribution in [0.3, 0.4) is 0 Å². The number of fused-ring (bicyclic) bond motifs is 2. The summed E-state index contributed by atoms with van der Waals surface area (Å²) in [6, 6.07) is 29.9. The molecule has 0 bridgehead atoms. The van der Waals surface area contributed by atoms with E-state index >= 15 is 0 Å². The summed E-state index contributed by atoms with van der Waals surface area (Å²) in [4.78, 5) is 20.4. The molecule has 0 spiro atoms. The largest absolute Gasteiger partial charge is 0.497 e. The van der Waals surface area contributed by atoms with Gasteiger partial charge in [0.1, 0.15) is 5.75 Å². The Labute approximate surface area is 255 Å². The minimum Gasteiger partial charge on any atom is -0.497 e. The fraction of sp³-hybridized carbons (Fsp3) is 0.189. The summed E-state index contributed by atoms with van der Waals surface area (Å²) in [6.45, 7) is 0. The number of benzene rings is 4. The van der Waals surface area contributed by atoms with E-state index in [1.807, 2.05) is 42.5 Å². The van der Waals surface area contributed by atoms with E-state index in [4.69, 9.17) is 21.3 Å². The Morgan fingerprint density at radius 3 is 2.42 bits per heavy atom. The van der Waals surface area contributed by atoms with Gasteiger partial charge in [-0.3, -0.25) is 0 Å². The highest BCUT2D eigenvalue weighted by atomic mass is 35.5. The lowest BCUT2D eigenvalue weighted by Gasteiger charge is -2.23. The number of aromatic amines is 1. The topological polar surface area (TPSA) is 75.2 Å². The summed E-state index contributed by atoms with van der Waals surface area (Å²) in [7, 11) is 1.67. The minimum atomic E-state index is -0.917. The SMILES string of the molecule is COc1ccc(-c2ccc(Cl)cc2)c(-c2ccc3cc(-c4[nH]c5cc(C(=O)O)ccc5c4C4CCCCC4)ccc3n2)c1. The maximum Gasteiger partial charge on any atom is 0.335 e. The van der Waals surface area contributed by atoms with Gasteiger partial charge >= 0.3 is 5.97 Å². The Balaban J connectivity index is 1.33. The van der Waals surface area contributed by atoms with Gasteiger partial charge in [0.15, 0.2) is 0 Å². The molecule has 0 saturated heterocycles. The normalized spacial score (nSPS) is 13.9. The maximum atomic E-state index is 11.7. The molecule has 1 aliphatic carbocycles. The van der Waals surface area contributed by atoms with Gasteiger partial charge in [-0.05, 0) is 95.6 Å². The van der Waals surface area contributed by atoms with E-state index in [-0.39, 0.29) is 0 Å². The molecule has 6 heteroatoms. The lowest BCUT2D eigenvalue weighted by atomic mass is 9.81. The van der Waals surface area contributed by atoms with Crippen molar-refractivity contribution < 1.29 is 14.6 Å². The average Bonchev–Trinajstić information content (AvgIpc) is 3.44. The number of nitrogens with one attached hydrogen (secondary N) is 1. The molecule has 0 aliphatic heterocycles. The fourth-order valence-electron chi connectivity index (χ4n) is 6.57. The Kier molecular flexibility index (Phi) is 7.12. The zero-order chi connectivity index (χ0) is 29.5. The Hall–Kier alpha value is -4.61. The molecule has 0 unspecified atom stereocenters. The summed E-state index contributed by atoms with van der Waals surface area (Å²) >= 11 is 6.16. The Morgan fingerprint density at radius 1 is 0.860 bits per heavy atom. The van der Waals surface area contributed by atoms with E-state index in [9.17, 15) is 9.90 Å². The van der Waals surface area contributed by atoms with Crippen molar-refractivity contribution in [2.75, 3.05) is 7.11 Å². The van der Waals surface area contributed by atoms with Crippen molar-refractivity contribution in [2.24, 2.45) is 0 Å². The van der Waals surface area contributed by atoms with Gasteiger partial charge in [0, 0.05) is 32.6 Å². The molecule has 0 radical (unpaired) electrons. The molecule has 214 valence electrons. The van der Waals surface area contributed by atoms with E-state index in [0.29, 0.717) is 16.5 Å². The van der Waals surface area contributed by atoms with E-state index < -0.39 is 5.97 Å². The number of nitrogens with zero attached hydrogens (tertiary/aromatic N) is 1. The van der Waals surface area contributed by atoms with Gasteiger partial charge in [-0.25, -0.2) is 9.78 Å². The first kappa shape index (κ1) is 27.2. The fourth-order valence-corrected chi connectivity index (χ4v) is 6.70. The predicted molar refractivity (Wildman–Crippen MR) is 174 cm³/mol. The molecule has 5 nitrogen and oxygen atoms in total. The monoisotopic (exact) mass is 586 g/mol. The molecule has 2 N–H and O–H groups in total. The number of carboxylic acids is 1. The van der Waals surface area contributed by atoms with Gasteiger partial charge in [0.05, 0.1) is 23.9 Å². The maximum absolute atomic E-state index is 11.7. The van der Waals surface area contributed by atoms with Crippen molar-refractivity contribution in [3.63, 3.8) is 0 Å². The highest BCUT2D eigenvalue weighted by molar-refractivity contribution is 6.30. The van der Waals surface area contributed by atoms with Gasteiger partial charge in [0.2, 0.25) is 0 Å². The minimum absolute atomic E-state index is 0.293. The molecule has 0 amide bonds. The molecule has 0 atom stereocenters. The third-order valence-corrected chi connectivity index (χ3v) is 8.99. The molecular formula is C37H31ClN2O3. The number of aromatic carboxylic acids is 1. The van der Waals surface area contributed by atoms with Crippen molar-refractivity contribution in [3.8, 4) is 39.4 Å². The molecule has 43 heavy (non-hydrogen) atoms. The third kappa shape index (κ3) is 5.15. The van der Waals surface area contributed by atoms with E-state index in [0.717, 1.165) is 74.0 Å². The van der Waals surface area contributed by atoms with Crippen molar-refractivity contribution in [1.82, 2.24) is 9.97 Å². The van der Waals surface area contributed by atoms with Gasteiger partial charge in [0.25, 0.3) is 0 Å². The second-order valence-electron chi connectivity index (χ2n) is 11.3. The number of rotatable bonds is 6. The second-order valence-corrected chi connectivity index (χ2v) is 11.8. The number of carbonyl (C=O) groups is 1. The van der Waals surface area contributed by atoms with Crippen molar-refractivity contribution >= 4 is 39.4 Å². The third-order valence-electron chi connectivity index (χ3n) is 8.73. The van der Waals surface area contributed by atoms with Gasteiger partial charge < -0.3 is 14.8 Å². The lowest BCUT2D eigenvalue weighted by Crippen LogP contribution is -2.05. The van der Waals surface area contributed by atoms with Crippen LogP contribution in [-0.4, -0.2) is 28.2 Å². The molecule has 1 fully saturated rings. The first-order valence-electron chi connectivity index (χ1n) is 14.7. The highest BCUT2D eigenvalue weighted by Crippen LogP contribution is 2.43. The summed E-state index contributed by atoms with van der Waals surface area (Å²) < 4.78 is 5.56. The van der Waals surface area contributed by atoms with Gasteiger partial charge in [-0.1, -0.05) is 67.3 Å². The lowest BCUT2D eigenvalue weighted by molar-refractivity contribution is 0.0697. The summed E-state index contributed by atoms with van der Waals surface area (Å²) in [5, 5.41) is 12.5. The van der Waals surface area contributed by atoms with E-state index in [1.165, 1.54) is 24.8 Å². The van der Waals surface area contributed by atoms with Crippen molar-refractivity contribution in [3.05, 3.63) is 107 Å². The number of carboxylic acid groups (broad SMARTS) is 1. The smallest absolute Gasteiger partial charge is 0.335 e. The molecule has 1 saturated carbocycles. The van der Waals surface area contributed by atoms with Gasteiger partial charge in [-0.15, -0.1) is 0 Å². The van der Waals surface area contributed by atoms with Crippen LogP contribution in [0.4, 0.5) is 0 Å². The molecule has 1 aliphatic rings. The standard InChI is InChI=1S/C37H31ClN2O3/c1-43-28-14-16-29(22-7-12-27(38)13-8-22)31(21-28)33-18-10-24-19-25(11-17-32(24)39-33)36-35(23-5-3-2-4-6-23)30-15-9-26(37(41)42)20-34(30)40-36/h7-21,23,40H,2-6H2,1H3,(H,41,42). The van der Waals surface area contributed by atoms with Crippen molar-refractivity contribution in [1.29, 1.82) is 0 Å². The van der Waals surface area contributed by atoms with Crippen molar-refractivity contribution in [2.45, 2.75) is 38.0 Å². The predicted octanol–water partition coefficient (Wildman–Crippen LogP) is 10.1.